The maximum absolute atomic E-state index is 12.7. The van der Waals surface area contributed by atoms with Gasteiger partial charge in [-0.05, 0) is 48.6 Å². The summed E-state index contributed by atoms with van der Waals surface area (Å²) in [6, 6.07) is 11.4. The van der Waals surface area contributed by atoms with Crippen molar-refractivity contribution in [1.82, 2.24) is 15.5 Å². The number of pyridine rings is 1. The fourth-order valence-electron chi connectivity index (χ4n) is 2.84. The molecule has 1 N–H and O–H groups in total. The molecule has 5 nitrogen and oxygen atoms in total. The van der Waals surface area contributed by atoms with Crippen LogP contribution in [-0.2, 0) is 6.42 Å². The van der Waals surface area contributed by atoms with Crippen LogP contribution in [0.1, 0.15) is 57.9 Å². The van der Waals surface area contributed by atoms with Crippen molar-refractivity contribution in [3.63, 3.8) is 0 Å². The summed E-state index contributed by atoms with van der Waals surface area (Å²) < 4.78 is 5.23. The van der Waals surface area contributed by atoms with Crippen LogP contribution in [0.25, 0.3) is 0 Å². The Hall–Kier alpha value is -2.95. The Morgan fingerprint density at radius 1 is 1.15 bits per heavy atom. The number of hydrogen-bond donors (Lipinski definition) is 1. The molecule has 0 radical (unpaired) electrons. The van der Waals surface area contributed by atoms with E-state index in [4.69, 9.17) is 4.52 Å². The molecule has 3 rings (SSSR count). The first-order valence-electron chi connectivity index (χ1n) is 8.82. The quantitative estimate of drug-likeness (QED) is 0.725. The lowest BCUT2D eigenvalue weighted by Crippen LogP contribution is -2.29. The summed E-state index contributed by atoms with van der Waals surface area (Å²) in [5, 5.41) is 6.97. The predicted molar refractivity (Wildman–Crippen MR) is 100.0 cm³/mol. The molecule has 0 spiro atoms. The van der Waals surface area contributed by atoms with Crippen LogP contribution in [0.15, 0.2) is 53.3 Å². The Balaban J connectivity index is 1.90. The Morgan fingerprint density at radius 2 is 2.00 bits per heavy atom. The molecule has 5 heteroatoms. The van der Waals surface area contributed by atoms with Gasteiger partial charge in [-0.15, -0.1) is 0 Å². The van der Waals surface area contributed by atoms with Crippen molar-refractivity contribution in [1.29, 1.82) is 0 Å². The van der Waals surface area contributed by atoms with E-state index in [9.17, 15) is 4.79 Å². The number of nitrogens with one attached hydrogen (secondary N) is 1. The Kier molecular flexibility index (Phi) is 5.46. The van der Waals surface area contributed by atoms with Gasteiger partial charge in [0.05, 0.1) is 6.04 Å². The van der Waals surface area contributed by atoms with Gasteiger partial charge in [0.25, 0.3) is 5.91 Å². The van der Waals surface area contributed by atoms with E-state index in [2.05, 4.69) is 48.4 Å². The average Bonchev–Trinajstić information content (AvgIpc) is 3.12. The molecule has 2 aromatic heterocycles. The van der Waals surface area contributed by atoms with Gasteiger partial charge in [-0.2, -0.15) is 0 Å². The lowest BCUT2D eigenvalue weighted by Gasteiger charge is -2.20. The molecule has 26 heavy (non-hydrogen) atoms. The largest absolute Gasteiger partial charge is 0.361 e. The van der Waals surface area contributed by atoms with Gasteiger partial charge >= 0.3 is 0 Å². The second-order valence-corrected chi connectivity index (χ2v) is 6.46. The number of amides is 1. The van der Waals surface area contributed by atoms with Gasteiger partial charge in [0.15, 0.2) is 5.69 Å². The highest BCUT2D eigenvalue weighted by molar-refractivity contribution is 5.92. The topological polar surface area (TPSA) is 68.0 Å². The van der Waals surface area contributed by atoms with Crippen LogP contribution >= 0.6 is 0 Å². The first-order valence-corrected chi connectivity index (χ1v) is 8.82. The molecule has 134 valence electrons. The molecule has 0 fully saturated rings. The summed E-state index contributed by atoms with van der Waals surface area (Å²) in [5.41, 5.74) is 4.61. The number of rotatable bonds is 6. The number of nitrogens with zero attached hydrogens (tertiary/aromatic N) is 2. The van der Waals surface area contributed by atoms with Crippen LogP contribution in [0.3, 0.4) is 0 Å². The van der Waals surface area contributed by atoms with Crippen LogP contribution in [0, 0.1) is 13.8 Å². The van der Waals surface area contributed by atoms with E-state index in [1.165, 1.54) is 11.1 Å². The van der Waals surface area contributed by atoms with Crippen molar-refractivity contribution < 1.29 is 9.32 Å². The van der Waals surface area contributed by atoms with Crippen molar-refractivity contribution in [3.8, 4) is 0 Å². The molecule has 1 unspecified atom stereocenters. The molecule has 3 aromatic rings. The number of benzene rings is 1. The first-order chi connectivity index (χ1) is 12.6. The summed E-state index contributed by atoms with van der Waals surface area (Å²) in [6.07, 6.45) is 5.20. The van der Waals surface area contributed by atoms with E-state index in [1.54, 1.807) is 18.5 Å². The van der Waals surface area contributed by atoms with E-state index < -0.39 is 0 Å². The third-order valence-corrected chi connectivity index (χ3v) is 4.45. The third kappa shape index (κ3) is 3.99. The van der Waals surface area contributed by atoms with Crippen molar-refractivity contribution in [2.45, 2.75) is 39.7 Å². The predicted octanol–water partition coefficient (Wildman–Crippen LogP) is 4.16. The maximum atomic E-state index is 12.7. The van der Waals surface area contributed by atoms with Crippen molar-refractivity contribution >= 4 is 5.91 Å². The summed E-state index contributed by atoms with van der Waals surface area (Å²) >= 11 is 0. The van der Waals surface area contributed by atoms with Crippen LogP contribution in [-0.4, -0.2) is 16.0 Å². The fourth-order valence-corrected chi connectivity index (χ4v) is 2.84. The van der Waals surface area contributed by atoms with Crippen LogP contribution in [0.2, 0.25) is 0 Å². The second kappa shape index (κ2) is 7.95. The van der Waals surface area contributed by atoms with E-state index >= 15 is 0 Å². The van der Waals surface area contributed by atoms with Gasteiger partial charge in [-0.1, -0.05) is 36.3 Å². The Morgan fingerprint density at radius 3 is 2.69 bits per heavy atom. The number of carbonyl (C=O) groups is 1. The van der Waals surface area contributed by atoms with Crippen molar-refractivity contribution in [2.24, 2.45) is 0 Å². The zero-order chi connectivity index (χ0) is 18.5. The average molecular weight is 349 g/mol. The summed E-state index contributed by atoms with van der Waals surface area (Å²) in [6.45, 7) is 6.19. The monoisotopic (exact) mass is 349 g/mol. The number of aryl methyl sites for hydroxylation is 3. The van der Waals surface area contributed by atoms with Crippen LogP contribution in [0.5, 0.6) is 0 Å². The van der Waals surface area contributed by atoms with E-state index in [1.807, 2.05) is 18.2 Å². The van der Waals surface area contributed by atoms with Gasteiger partial charge in [0, 0.05) is 24.9 Å². The second-order valence-electron chi connectivity index (χ2n) is 6.46. The highest BCUT2D eigenvalue weighted by Gasteiger charge is 2.21. The number of hydrogen-bond acceptors (Lipinski definition) is 4. The maximum Gasteiger partial charge on any atom is 0.274 e. The molecule has 1 atom stereocenters. The van der Waals surface area contributed by atoms with Gasteiger partial charge in [-0.3, -0.25) is 9.78 Å². The minimum atomic E-state index is -0.304. The molecule has 1 aromatic carbocycles. The fraction of sp³-hybridized carbons (Fsp3) is 0.286. The van der Waals surface area contributed by atoms with Gasteiger partial charge in [0.1, 0.15) is 5.76 Å². The highest BCUT2D eigenvalue weighted by atomic mass is 16.5. The van der Waals surface area contributed by atoms with Crippen molar-refractivity contribution in [3.05, 3.63) is 82.5 Å². The molecule has 0 bridgehead atoms. The first kappa shape index (κ1) is 17.9. The summed E-state index contributed by atoms with van der Waals surface area (Å²) in [5.74, 6) is 0.463. The van der Waals surface area contributed by atoms with Crippen LogP contribution in [0.4, 0.5) is 0 Å². The summed E-state index contributed by atoms with van der Waals surface area (Å²) in [7, 11) is 0. The zero-order valence-corrected chi connectivity index (χ0v) is 15.3. The van der Waals surface area contributed by atoms with Crippen LogP contribution < -0.4 is 5.32 Å². The number of aromatic nitrogens is 2. The summed E-state index contributed by atoms with van der Waals surface area (Å²) in [4.78, 5) is 16.9. The van der Waals surface area contributed by atoms with Gasteiger partial charge in [-0.25, -0.2) is 0 Å². The molecule has 1 amide bonds. The Bertz CT molecular complexity index is 887. The minimum Gasteiger partial charge on any atom is -0.361 e. The minimum absolute atomic E-state index is 0.261. The van der Waals surface area contributed by atoms with E-state index in [0.717, 1.165) is 29.7 Å². The molecule has 0 aliphatic rings. The van der Waals surface area contributed by atoms with Gasteiger partial charge in [0.2, 0.25) is 0 Å². The zero-order valence-electron chi connectivity index (χ0n) is 15.3. The lowest BCUT2D eigenvalue weighted by molar-refractivity contribution is 0.0933. The smallest absolute Gasteiger partial charge is 0.274 e. The van der Waals surface area contributed by atoms with Gasteiger partial charge < -0.3 is 9.84 Å². The number of carbonyl (C=O) groups excluding carboxylic acids is 1. The van der Waals surface area contributed by atoms with E-state index in [-0.39, 0.29) is 11.9 Å². The third-order valence-electron chi connectivity index (χ3n) is 4.45. The highest BCUT2D eigenvalue weighted by Crippen LogP contribution is 2.24. The molecule has 2 heterocycles. The Labute approximate surface area is 153 Å². The normalized spacial score (nSPS) is 12.0. The molecule has 0 aliphatic heterocycles. The standard InChI is InChI=1S/C21H23N3O2/c1-4-6-18-12-19(24-26-18)21(25)23-20(17-7-5-10-22-13-17)16-9-8-14(2)15(3)11-16/h5,7-13,20H,4,6H2,1-3H3,(H,23,25). The van der Waals surface area contributed by atoms with Crippen molar-refractivity contribution in [2.75, 3.05) is 0 Å². The molecule has 0 aliphatic carbocycles. The molecular formula is C21H23N3O2. The molecule has 0 saturated heterocycles. The lowest BCUT2D eigenvalue weighted by atomic mass is 9.96. The molecule has 0 saturated carbocycles. The SMILES string of the molecule is CCCc1cc(C(=O)NC(c2cccnc2)c2ccc(C)c(C)c2)no1. The van der Waals surface area contributed by atoms with E-state index in [0.29, 0.717) is 5.69 Å². The molecular weight excluding hydrogens is 326 g/mol.